The molecule has 0 fully saturated rings. The Labute approximate surface area is 113 Å². The number of aryl methyl sites for hydroxylation is 2. The van der Waals surface area contributed by atoms with Gasteiger partial charge in [-0.25, -0.2) is 4.98 Å². The maximum absolute atomic E-state index is 5.16. The molecule has 1 unspecified atom stereocenters. The van der Waals surface area contributed by atoms with Gasteiger partial charge in [-0.15, -0.1) is 0 Å². The van der Waals surface area contributed by atoms with Crippen LogP contribution in [-0.2, 0) is 0 Å². The molecule has 4 nitrogen and oxygen atoms in total. The Morgan fingerprint density at radius 2 is 1.89 bits per heavy atom. The second-order valence-electron chi connectivity index (χ2n) is 4.57. The summed E-state index contributed by atoms with van der Waals surface area (Å²) in [5.41, 5.74) is 2.53. The minimum Gasteiger partial charge on any atom is -0.481 e. The molecule has 0 radical (unpaired) electrons. The standard InChI is InChI=1S/C15H19N3O/c1-10-7-5-6-8-13(10)11(2)16-14-9-15(19-4)18-12(3)17-14/h5-9,11H,1-4H3,(H,16,17,18). The third-order valence-corrected chi connectivity index (χ3v) is 3.04. The Bertz CT molecular complexity index is 569. The molecule has 100 valence electrons. The number of nitrogens with zero attached hydrogens (tertiary/aromatic N) is 2. The zero-order valence-corrected chi connectivity index (χ0v) is 11.8. The lowest BCUT2D eigenvalue weighted by molar-refractivity contribution is 0.396. The second-order valence-corrected chi connectivity index (χ2v) is 4.57. The highest BCUT2D eigenvalue weighted by molar-refractivity contribution is 5.42. The summed E-state index contributed by atoms with van der Waals surface area (Å²) in [4.78, 5) is 8.55. The molecular weight excluding hydrogens is 238 g/mol. The van der Waals surface area contributed by atoms with Gasteiger partial charge in [0.2, 0.25) is 5.88 Å². The first-order valence-corrected chi connectivity index (χ1v) is 6.32. The molecule has 1 N–H and O–H groups in total. The van der Waals surface area contributed by atoms with Gasteiger partial charge in [0.1, 0.15) is 11.6 Å². The van der Waals surface area contributed by atoms with Gasteiger partial charge in [-0.3, -0.25) is 0 Å². The van der Waals surface area contributed by atoms with Gasteiger partial charge in [-0.1, -0.05) is 24.3 Å². The Balaban J connectivity index is 2.21. The lowest BCUT2D eigenvalue weighted by Gasteiger charge is -2.17. The van der Waals surface area contributed by atoms with Gasteiger partial charge in [-0.05, 0) is 31.9 Å². The second kappa shape index (κ2) is 5.69. The molecule has 0 aliphatic rings. The third-order valence-electron chi connectivity index (χ3n) is 3.04. The van der Waals surface area contributed by atoms with Crippen LogP contribution in [0.1, 0.15) is 29.9 Å². The van der Waals surface area contributed by atoms with E-state index in [0.29, 0.717) is 11.7 Å². The number of ether oxygens (including phenoxy) is 1. The lowest BCUT2D eigenvalue weighted by Crippen LogP contribution is -2.10. The molecule has 1 aromatic carbocycles. The number of methoxy groups -OCH3 is 1. The van der Waals surface area contributed by atoms with Crippen molar-refractivity contribution in [1.29, 1.82) is 0 Å². The summed E-state index contributed by atoms with van der Waals surface area (Å²) in [5, 5.41) is 3.38. The van der Waals surface area contributed by atoms with Crippen LogP contribution in [0, 0.1) is 13.8 Å². The van der Waals surface area contributed by atoms with Crippen molar-refractivity contribution >= 4 is 5.82 Å². The molecule has 0 aliphatic heterocycles. The quantitative estimate of drug-likeness (QED) is 0.913. The highest BCUT2D eigenvalue weighted by Crippen LogP contribution is 2.22. The van der Waals surface area contributed by atoms with E-state index >= 15 is 0 Å². The van der Waals surface area contributed by atoms with Gasteiger partial charge in [-0.2, -0.15) is 4.98 Å². The molecule has 0 amide bonds. The van der Waals surface area contributed by atoms with E-state index in [2.05, 4.69) is 41.3 Å². The first-order valence-electron chi connectivity index (χ1n) is 6.32. The van der Waals surface area contributed by atoms with E-state index in [-0.39, 0.29) is 6.04 Å². The number of nitrogens with one attached hydrogen (secondary N) is 1. The zero-order valence-electron chi connectivity index (χ0n) is 11.8. The molecule has 0 bridgehead atoms. The monoisotopic (exact) mass is 257 g/mol. The summed E-state index contributed by atoms with van der Waals surface area (Å²) in [6.07, 6.45) is 0. The molecule has 0 spiro atoms. The van der Waals surface area contributed by atoms with Gasteiger partial charge in [0.15, 0.2) is 0 Å². The summed E-state index contributed by atoms with van der Waals surface area (Å²) >= 11 is 0. The molecular formula is C15H19N3O. The van der Waals surface area contributed by atoms with Crippen molar-refractivity contribution in [2.45, 2.75) is 26.8 Å². The summed E-state index contributed by atoms with van der Waals surface area (Å²) in [5.74, 6) is 2.05. The first-order chi connectivity index (χ1) is 9.10. The molecule has 4 heteroatoms. The number of rotatable bonds is 4. The Morgan fingerprint density at radius 1 is 1.16 bits per heavy atom. The Morgan fingerprint density at radius 3 is 2.58 bits per heavy atom. The minimum absolute atomic E-state index is 0.181. The zero-order chi connectivity index (χ0) is 13.8. The molecule has 0 saturated carbocycles. The lowest BCUT2D eigenvalue weighted by atomic mass is 10.0. The topological polar surface area (TPSA) is 47.0 Å². The van der Waals surface area contributed by atoms with Gasteiger partial charge in [0.05, 0.1) is 13.2 Å². The molecule has 0 aliphatic carbocycles. The average molecular weight is 257 g/mol. The molecule has 2 aromatic rings. The summed E-state index contributed by atoms with van der Waals surface area (Å²) in [6, 6.07) is 10.3. The van der Waals surface area contributed by atoms with E-state index in [0.717, 1.165) is 5.82 Å². The number of aromatic nitrogens is 2. The summed E-state index contributed by atoms with van der Waals surface area (Å²) < 4.78 is 5.16. The average Bonchev–Trinajstić information content (AvgIpc) is 2.38. The van der Waals surface area contributed by atoms with Crippen molar-refractivity contribution in [2.24, 2.45) is 0 Å². The number of hydrogen-bond donors (Lipinski definition) is 1. The van der Waals surface area contributed by atoms with E-state index in [1.54, 1.807) is 7.11 Å². The van der Waals surface area contributed by atoms with Gasteiger partial charge in [0, 0.05) is 6.07 Å². The van der Waals surface area contributed by atoms with E-state index in [9.17, 15) is 0 Å². The van der Waals surface area contributed by atoms with Crippen molar-refractivity contribution < 1.29 is 4.74 Å². The van der Waals surface area contributed by atoms with Gasteiger partial charge >= 0.3 is 0 Å². The van der Waals surface area contributed by atoms with Gasteiger partial charge in [0.25, 0.3) is 0 Å². The van der Waals surface area contributed by atoms with Crippen molar-refractivity contribution in [3.63, 3.8) is 0 Å². The summed E-state index contributed by atoms with van der Waals surface area (Å²) in [6.45, 7) is 6.08. The maximum atomic E-state index is 5.16. The number of hydrogen-bond acceptors (Lipinski definition) is 4. The normalized spacial score (nSPS) is 12.0. The van der Waals surface area contributed by atoms with Crippen LogP contribution in [0.5, 0.6) is 5.88 Å². The number of anilines is 1. The van der Waals surface area contributed by atoms with Gasteiger partial charge < -0.3 is 10.1 Å². The van der Waals surface area contributed by atoms with E-state index in [1.807, 2.05) is 25.1 Å². The van der Waals surface area contributed by atoms with Crippen LogP contribution in [0.15, 0.2) is 30.3 Å². The highest BCUT2D eigenvalue weighted by Gasteiger charge is 2.09. The molecule has 1 aromatic heterocycles. The van der Waals surface area contributed by atoms with Crippen molar-refractivity contribution in [3.05, 3.63) is 47.3 Å². The first kappa shape index (κ1) is 13.3. The molecule has 1 heterocycles. The molecule has 2 rings (SSSR count). The largest absolute Gasteiger partial charge is 0.481 e. The smallest absolute Gasteiger partial charge is 0.218 e. The van der Waals surface area contributed by atoms with E-state index < -0.39 is 0 Å². The fourth-order valence-corrected chi connectivity index (χ4v) is 2.09. The third kappa shape index (κ3) is 3.22. The van der Waals surface area contributed by atoms with Crippen LogP contribution in [0.3, 0.4) is 0 Å². The Kier molecular flexibility index (Phi) is 4.00. The highest BCUT2D eigenvalue weighted by atomic mass is 16.5. The van der Waals surface area contributed by atoms with Crippen LogP contribution in [-0.4, -0.2) is 17.1 Å². The summed E-state index contributed by atoms with van der Waals surface area (Å²) in [7, 11) is 1.61. The number of benzene rings is 1. The van der Waals surface area contributed by atoms with Crippen molar-refractivity contribution in [1.82, 2.24) is 9.97 Å². The van der Waals surface area contributed by atoms with E-state index in [1.165, 1.54) is 11.1 Å². The molecule has 1 atom stereocenters. The SMILES string of the molecule is COc1cc(NC(C)c2ccccc2C)nc(C)n1. The van der Waals surface area contributed by atoms with E-state index in [4.69, 9.17) is 4.74 Å². The van der Waals surface area contributed by atoms with Crippen LogP contribution in [0.2, 0.25) is 0 Å². The van der Waals surface area contributed by atoms with Crippen LogP contribution >= 0.6 is 0 Å². The van der Waals surface area contributed by atoms with Crippen LogP contribution < -0.4 is 10.1 Å². The Hall–Kier alpha value is -2.10. The molecule has 19 heavy (non-hydrogen) atoms. The van der Waals surface area contributed by atoms with Crippen molar-refractivity contribution in [3.8, 4) is 5.88 Å². The predicted octanol–water partition coefficient (Wildman–Crippen LogP) is 3.28. The van der Waals surface area contributed by atoms with Crippen LogP contribution in [0.25, 0.3) is 0 Å². The predicted molar refractivity (Wildman–Crippen MR) is 76.5 cm³/mol. The minimum atomic E-state index is 0.181. The van der Waals surface area contributed by atoms with Crippen molar-refractivity contribution in [2.75, 3.05) is 12.4 Å². The van der Waals surface area contributed by atoms with Crippen LogP contribution in [0.4, 0.5) is 5.82 Å². The molecule has 0 saturated heterocycles. The fraction of sp³-hybridized carbons (Fsp3) is 0.333. The fourth-order valence-electron chi connectivity index (χ4n) is 2.09. The maximum Gasteiger partial charge on any atom is 0.218 e.